The lowest BCUT2D eigenvalue weighted by Crippen LogP contribution is -2.35. The molecule has 2 amide bonds. The molecule has 10 nitrogen and oxygen atoms in total. The van der Waals surface area contributed by atoms with Crippen LogP contribution in [0.25, 0.3) is 5.57 Å². The Balaban J connectivity index is 1.56. The lowest BCUT2D eigenvalue weighted by Gasteiger charge is -2.31. The van der Waals surface area contributed by atoms with Gasteiger partial charge in [-0.05, 0) is 77.4 Å². The number of Topliss-reactive ketones (excluding diaryl/α,β-unsaturated/α-hetero) is 1. The van der Waals surface area contributed by atoms with E-state index in [1.165, 1.54) is 12.1 Å². The molecule has 0 saturated heterocycles. The third kappa shape index (κ3) is 7.22. The average molecular weight is 659 g/mol. The number of hydrogen-bond acceptors (Lipinski definition) is 8. The summed E-state index contributed by atoms with van der Waals surface area (Å²) in [6.07, 6.45) is 12.0. The van der Waals surface area contributed by atoms with Crippen LogP contribution in [0.3, 0.4) is 0 Å². The fourth-order valence-electron chi connectivity index (χ4n) is 7.70. The van der Waals surface area contributed by atoms with Gasteiger partial charge >= 0.3 is 0 Å². The Hall–Kier alpha value is -4.34. The molecular weight excluding hydrogens is 608 g/mol. The van der Waals surface area contributed by atoms with Gasteiger partial charge in [0.15, 0.2) is 5.78 Å². The summed E-state index contributed by atoms with van der Waals surface area (Å²) in [5, 5.41) is 28.7. The number of benzene rings is 1. The van der Waals surface area contributed by atoms with Crippen molar-refractivity contribution in [1.29, 1.82) is 0 Å². The van der Waals surface area contributed by atoms with Crippen molar-refractivity contribution in [3.05, 3.63) is 58.1 Å². The maximum atomic E-state index is 14.0. The zero-order valence-corrected chi connectivity index (χ0v) is 28.8. The van der Waals surface area contributed by atoms with Gasteiger partial charge in [0.05, 0.1) is 33.7 Å². The number of nitrogens with zero attached hydrogens (tertiary/aromatic N) is 2. The molecule has 48 heavy (non-hydrogen) atoms. The molecule has 4 N–H and O–H groups in total. The molecule has 4 aliphatic carbocycles. The van der Waals surface area contributed by atoms with E-state index in [2.05, 4.69) is 10.6 Å². The van der Waals surface area contributed by atoms with Crippen LogP contribution in [0, 0.1) is 11.8 Å². The molecule has 0 aliphatic heterocycles. The third-order valence-corrected chi connectivity index (χ3v) is 10.3. The topological polar surface area (TPSA) is 139 Å². The van der Waals surface area contributed by atoms with Crippen LogP contribution >= 0.6 is 0 Å². The first-order chi connectivity index (χ1) is 23.1. The lowest BCUT2D eigenvalue weighted by atomic mass is 9.77. The van der Waals surface area contributed by atoms with Gasteiger partial charge in [-0.1, -0.05) is 25.7 Å². The summed E-state index contributed by atoms with van der Waals surface area (Å²) in [5.41, 5.74) is 1.20. The van der Waals surface area contributed by atoms with E-state index in [9.17, 15) is 29.4 Å². The van der Waals surface area contributed by atoms with Gasteiger partial charge in [0.25, 0.3) is 0 Å². The van der Waals surface area contributed by atoms with Crippen molar-refractivity contribution in [2.75, 3.05) is 36.4 Å². The van der Waals surface area contributed by atoms with Gasteiger partial charge < -0.3 is 30.6 Å². The van der Waals surface area contributed by atoms with Crippen molar-refractivity contribution in [3.63, 3.8) is 0 Å². The number of phenols is 1. The molecule has 258 valence electrons. The minimum atomic E-state index is -0.649. The number of nitrogens with one attached hydrogen (secondary N) is 2. The summed E-state index contributed by atoms with van der Waals surface area (Å²) in [5.74, 6) is -1.80. The second-order valence-corrected chi connectivity index (χ2v) is 13.3. The largest absolute Gasteiger partial charge is 0.507 e. The van der Waals surface area contributed by atoms with E-state index in [0.29, 0.717) is 50.4 Å². The molecule has 0 spiro atoms. The fourth-order valence-corrected chi connectivity index (χ4v) is 7.70. The first kappa shape index (κ1) is 35.0. The highest BCUT2D eigenvalue weighted by Gasteiger charge is 2.43. The van der Waals surface area contributed by atoms with Gasteiger partial charge in [0.2, 0.25) is 17.6 Å². The van der Waals surface area contributed by atoms with Crippen LogP contribution in [-0.2, 0) is 19.2 Å². The normalized spacial score (nSPS) is 20.1. The Bertz CT molecular complexity index is 1580. The molecule has 4 aliphatic rings. The molecule has 10 heteroatoms. The number of aromatic hydroxyl groups is 1. The van der Waals surface area contributed by atoms with Crippen LogP contribution in [0.15, 0.2) is 52.6 Å². The Morgan fingerprint density at radius 1 is 0.729 bits per heavy atom. The number of allylic oxidation sites excluding steroid dienone is 5. The van der Waals surface area contributed by atoms with E-state index in [1.807, 2.05) is 37.5 Å². The van der Waals surface area contributed by atoms with Crippen molar-refractivity contribution in [1.82, 2.24) is 10.2 Å². The van der Waals surface area contributed by atoms with Gasteiger partial charge in [-0.25, -0.2) is 0 Å². The van der Waals surface area contributed by atoms with E-state index in [-0.39, 0.29) is 63.1 Å². The van der Waals surface area contributed by atoms with E-state index in [0.717, 1.165) is 51.4 Å². The molecule has 0 heterocycles. The van der Waals surface area contributed by atoms with Gasteiger partial charge in [-0.2, -0.15) is 0 Å². The van der Waals surface area contributed by atoms with E-state index >= 15 is 0 Å². The quantitative estimate of drug-likeness (QED) is 0.181. The van der Waals surface area contributed by atoms with Crippen LogP contribution in [0.5, 0.6) is 5.75 Å². The molecular formula is C38H50N4O6. The van der Waals surface area contributed by atoms with Crippen LogP contribution in [0.1, 0.15) is 97.5 Å². The third-order valence-electron chi connectivity index (χ3n) is 10.3. The molecule has 5 rings (SSSR count). The minimum Gasteiger partial charge on any atom is -0.507 e. The minimum absolute atomic E-state index is 0.0101. The molecule has 0 bridgehead atoms. The predicted molar refractivity (Wildman–Crippen MR) is 187 cm³/mol. The molecule has 1 aromatic rings. The fraction of sp³-hybridized carbons (Fsp3) is 0.526. The average Bonchev–Trinajstić information content (AvgIpc) is 3.76. The summed E-state index contributed by atoms with van der Waals surface area (Å²) >= 11 is 0. The van der Waals surface area contributed by atoms with Gasteiger partial charge in [0.1, 0.15) is 11.5 Å². The van der Waals surface area contributed by atoms with E-state index < -0.39 is 17.3 Å². The highest BCUT2D eigenvalue weighted by Crippen LogP contribution is 2.47. The van der Waals surface area contributed by atoms with Crippen LogP contribution < -0.4 is 15.5 Å². The molecule has 2 fully saturated rings. The van der Waals surface area contributed by atoms with Crippen LogP contribution in [0.2, 0.25) is 0 Å². The summed E-state index contributed by atoms with van der Waals surface area (Å²) in [6.45, 7) is 10.5. The number of phenolic OH excluding ortho intramolecular Hbond substituents is 1. The molecule has 0 radical (unpaired) electrons. The zero-order chi connectivity index (χ0) is 34.5. The number of ketones is 2. The summed E-state index contributed by atoms with van der Waals surface area (Å²) in [6, 6.07) is 3.24. The Morgan fingerprint density at radius 3 is 1.79 bits per heavy atom. The van der Waals surface area contributed by atoms with Gasteiger partial charge in [-0.15, -0.1) is 0 Å². The first-order valence-electron chi connectivity index (χ1n) is 17.8. The number of aliphatic hydroxyl groups is 1. The van der Waals surface area contributed by atoms with Gasteiger partial charge in [0, 0.05) is 62.5 Å². The number of rotatable bonds is 13. The van der Waals surface area contributed by atoms with Crippen molar-refractivity contribution in [3.8, 4) is 5.75 Å². The van der Waals surface area contributed by atoms with Crippen molar-refractivity contribution in [2.45, 2.75) is 91.9 Å². The molecule has 0 aromatic heterocycles. The molecule has 1 aromatic carbocycles. The number of carbonyl (C=O) groups excluding carboxylic acids is 4. The number of likely N-dealkylation sites (N-methyl/N-ethyl adjacent to an activating group) is 1. The van der Waals surface area contributed by atoms with E-state index in [1.54, 1.807) is 12.1 Å². The lowest BCUT2D eigenvalue weighted by molar-refractivity contribution is -0.121. The van der Waals surface area contributed by atoms with Crippen LogP contribution in [0.4, 0.5) is 11.4 Å². The Labute approximate surface area is 283 Å². The van der Waals surface area contributed by atoms with Gasteiger partial charge in [-0.3, -0.25) is 19.2 Å². The zero-order valence-electron chi connectivity index (χ0n) is 28.8. The number of hydrogen-bond donors (Lipinski definition) is 4. The number of amides is 2. The first-order valence-corrected chi connectivity index (χ1v) is 17.8. The summed E-state index contributed by atoms with van der Waals surface area (Å²) < 4.78 is 0. The Morgan fingerprint density at radius 2 is 1.27 bits per heavy atom. The smallest absolute Gasteiger partial charge is 0.224 e. The van der Waals surface area contributed by atoms with Crippen molar-refractivity contribution >= 4 is 40.3 Å². The highest BCUT2D eigenvalue weighted by molar-refractivity contribution is 6.42. The Kier molecular flexibility index (Phi) is 11.1. The standard InChI is InChI=1S/C38H50N4O6/c1-5-41(6-2)25-19-27(39-31(45)17-23-13-9-10-14-23)33(29(43)21-25)35-37(47)36(38(35)48)34-28(40-32(46)18-24-15-11-12-16-24)20-26(22-30(34)44)42(7-3)8-4/h19-24,43,47H,5-18H2,1-4H3,(H,39,45)(H,40,46)/b36-34-. The summed E-state index contributed by atoms with van der Waals surface area (Å²) in [7, 11) is 0. The highest BCUT2D eigenvalue weighted by atomic mass is 16.3. The predicted octanol–water partition coefficient (Wildman–Crippen LogP) is 6.29. The second-order valence-electron chi connectivity index (χ2n) is 13.3. The molecule has 0 unspecified atom stereocenters. The monoisotopic (exact) mass is 658 g/mol. The van der Waals surface area contributed by atoms with Crippen LogP contribution in [-0.4, -0.2) is 64.7 Å². The maximum absolute atomic E-state index is 14.0. The van der Waals surface area contributed by atoms with E-state index in [4.69, 9.17) is 0 Å². The number of anilines is 2. The molecule has 0 atom stereocenters. The second kappa shape index (κ2) is 15.3. The molecule has 2 saturated carbocycles. The van der Waals surface area contributed by atoms with Crippen molar-refractivity contribution in [2.24, 2.45) is 11.8 Å². The number of carbonyl (C=O) groups is 4. The maximum Gasteiger partial charge on any atom is 0.224 e. The van der Waals surface area contributed by atoms with Crippen molar-refractivity contribution < 1.29 is 29.4 Å². The SMILES string of the molecule is CCN(CC)C1=CC(=O)/C(=C2\C(=O)C(c3c(O)cc(N(CC)CC)cc3NC(=O)CC3CCCC3)=C2O)C(NC(=O)CC2CCCC2)=C1. The number of aliphatic hydroxyl groups excluding tert-OH is 1. The summed E-state index contributed by atoms with van der Waals surface area (Å²) in [4.78, 5) is 58.2.